The fourth-order valence-electron chi connectivity index (χ4n) is 2.22. The lowest BCUT2D eigenvalue weighted by Crippen LogP contribution is -2.03. The van der Waals surface area contributed by atoms with Gasteiger partial charge in [-0.05, 0) is 30.2 Å². The van der Waals surface area contributed by atoms with Crippen molar-refractivity contribution < 1.29 is 13.6 Å². The summed E-state index contributed by atoms with van der Waals surface area (Å²) < 4.78 is 26.1. The highest BCUT2D eigenvalue weighted by Crippen LogP contribution is 2.21. The standard InChI is InChI=1S/C18H15F2N3OS/c1-2-11-3-5-12(6-4-11)17-21-18(23-22-17)25-10-16(24)13-7-8-14(19)15(20)9-13/h3-9H,2,10H2,1H3,(H,21,22,23). The molecule has 128 valence electrons. The zero-order valence-electron chi connectivity index (χ0n) is 13.4. The summed E-state index contributed by atoms with van der Waals surface area (Å²) in [6.07, 6.45) is 0.962. The molecule has 0 bridgehead atoms. The number of aryl methyl sites for hydroxylation is 1. The molecule has 0 saturated carbocycles. The molecule has 4 nitrogen and oxygen atoms in total. The molecule has 0 aliphatic carbocycles. The maximum absolute atomic E-state index is 13.2. The molecule has 1 N–H and O–H groups in total. The Morgan fingerprint density at radius 2 is 1.88 bits per heavy atom. The second kappa shape index (κ2) is 7.57. The van der Waals surface area contributed by atoms with Gasteiger partial charge in [-0.15, -0.1) is 5.10 Å². The Hall–Kier alpha value is -2.54. The zero-order valence-corrected chi connectivity index (χ0v) is 14.2. The van der Waals surface area contributed by atoms with Crippen LogP contribution in [-0.4, -0.2) is 26.7 Å². The summed E-state index contributed by atoms with van der Waals surface area (Å²) in [5.74, 6) is -1.67. The Bertz CT molecular complexity index is 894. The van der Waals surface area contributed by atoms with E-state index in [1.807, 2.05) is 24.3 Å². The SMILES string of the molecule is CCc1ccc(-c2nc(SCC(=O)c3ccc(F)c(F)c3)n[nH]2)cc1. The largest absolute Gasteiger partial charge is 0.293 e. The third-order valence-corrected chi connectivity index (χ3v) is 4.52. The van der Waals surface area contributed by atoms with Crippen molar-refractivity contribution in [1.29, 1.82) is 0 Å². The number of halogens is 2. The van der Waals surface area contributed by atoms with Crippen LogP contribution < -0.4 is 0 Å². The maximum Gasteiger partial charge on any atom is 0.209 e. The Kier molecular flexibility index (Phi) is 5.23. The van der Waals surface area contributed by atoms with Gasteiger partial charge >= 0.3 is 0 Å². The number of ketones is 1. The molecule has 2 aromatic carbocycles. The third-order valence-electron chi connectivity index (χ3n) is 3.67. The molecule has 1 heterocycles. The van der Waals surface area contributed by atoms with E-state index in [9.17, 15) is 13.6 Å². The van der Waals surface area contributed by atoms with E-state index in [2.05, 4.69) is 22.1 Å². The van der Waals surface area contributed by atoms with E-state index in [1.54, 1.807) is 0 Å². The van der Waals surface area contributed by atoms with Crippen molar-refractivity contribution in [2.45, 2.75) is 18.5 Å². The van der Waals surface area contributed by atoms with Gasteiger partial charge in [0, 0.05) is 11.1 Å². The minimum Gasteiger partial charge on any atom is -0.293 e. The molecule has 25 heavy (non-hydrogen) atoms. The number of carbonyl (C=O) groups excluding carboxylic acids is 1. The molecule has 0 saturated heterocycles. The van der Waals surface area contributed by atoms with Gasteiger partial charge in [0.1, 0.15) is 0 Å². The van der Waals surface area contributed by atoms with Gasteiger partial charge in [-0.1, -0.05) is 43.0 Å². The Labute approximate surface area is 147 Å². The summed E-state index contributed by atoms with van der Waals surface area (Å²) in [5, 5.41) is 7.33. The van der Waals surface area contributed by atoms with Crippen molar-refractivity contribution in [1.82, 2.24) is 15.2 Å². The molecule has 3 aromatic rings. The van der Waals surface area contributed by atoms with Gasteiger partial charge in [0.25, 0.3) is 0 Å². The minimum atomic E-state index is -1.04. The molecular formula is C18H15F2N3OS. The van der Waals surface area contributed by atoms with E-state index < -0.39 is 11.6 Å². The van der Waals surface area contributed by atoms with E-state index in [-0.39, 0.29) is 17.1 Å². The zero-order chi connectivity index (χ0) is 17.8. The Morgan fingerprint density at radius 3 is 2.56 bits per heavy atom. The molecule has 0 fully saturated rings. The first-order valence-corrected chi connectivity index (χ1v) is 8.68. The molecular weight excluding hydrogens is 344 g/mol. The summed E-state index contributed by atoms with van der Waals surface area (Å²) in [6.45, 7) is 2.09. The summed E-state index contributed by atoms with van der Waals surface area (Å²) in [5.41, 5.74) is 2.26. The van der Waals surface area contributed by atoms with Crippen LogP contribution in [0, 0.1) is 11.6 Å². The highest BCUT2D eigenvalue weighted by Gasteiger charge is 2.12. The molecule has 0 spiro atoms. The fourth-order valence-corrected chi connectivity index (χ4v) is 2.91. The molecule has 0 unspecified atom stereocenters. The van der Waals surface area contributed by atoms with Crippen LogP contribution in [0.4, 0.5) is 8.78 Å². The first kappa shape index (κ1) is 17.3. The number of benzene rings is 2. The van der Waals surface area contributed by atoms with E-state index in [1.165, 1.54) is 11.6 Å². The first-order chi connectivity index (χ1) is 12.1. The van der Waals surface area contributed by atoms with Gasteiger partial charge in [0.2, 0.25) is 5.16 Å². The molecule has 0 atom stereocenters. The predicted octanol–water partition coefficient (Wildman–Crippen LogP) is 4.29. The smallest absolute Gasteiger partial charge is 0.209 e. The van der Waals surface area contributed by atoms with Gasteiger partial charge in [-0.3, -0.25) is 9.89 Å². The number of nitrogens with one attached hydrogen (secondary N) is 1. The average Bonchev–Trinajstić information content (AvgIpc) is 3.11. The van der Waals surface area contributed by atoms with Crippen molar-refractivity contribution in [2.24, 2.45) is 0 Å². The molecule has 3 rings (SSSR count). The van der Waals surface area contributed by atoms with E-state index in [0.29, 0.717) is 11.0 Å². The quantitative estimate of drug-likeness (QED) is 0.527. The number of hydrogen-bond donors (Lipinski definition) is 1. The van der Waals surface area contributed by atoms with Crippen molar-refractivity contribution >= 4 is 17.5 Å². The summed E-state index contributed by atoms with van der Waals surface area (Å²) in [4.78, 5) is 16.4. The summed E-state index contributed by atoms with van der Waals surface area (Å²) in [7, 11) is 0. The number of rotatable bonds is 6. The number of carbonyl (C=O) groups is 1. The van der Waals surface area contributed by atoms with Crippen LogP contribution in [0.1, 0.15) is 22.8 Å². The second-order valence-electron chi connectivity index (χ2n) is 5.36. The Balaban J connectivity index is 1.64. The predicted molar refractivity (Wildman–Crippen MR) is 92.6 cm³/mol. The molecule has 0 amide bonds. The van der Waals surface area contributed by atoms with E-state index in [4.69, 9.17) is 0 Å². The first-order valence-electron chi connectivity index (χ1n) is 7.69. The molecule has 0 aliphatic rings. The van der Waals surface area contributed by atoms with Crippen LogP contribution in [0.25, 0.3) is 11.4 Å². The average molecular weight is 359 g/mol. The van der Waals surface area contributed by atoms with Crippen LogP contribution in [0.5, 0.6) is 0 Å². The lowest BCUT2D eigenvalue weighted by atomic mass is 10.1. The number of aromatic amines is 1. The van der Waals surface area contributed by atoms with Crippen LogP contribution in [0.2, 0.25) is 0 Å². The topological polar surface area (TPSA) is 58.6 Å². The van der Waals surface area contributed by atoms with E-state index >= 15 is 0 Å². The van der Waals surface area contributed by atoms with Gasteiger partial charge in [0.05, 0.1) is 5.75 Å². The third kappa shape index (κ3) is 4.11. The van der Waals surface area contributed by atoms with Gasteiger partial charge in [-0.25, -0.2) is 13.8 Å². The second-order valence-corrected chi connectivity index (χ2v) is 6.30. The van der Waals surface area contributed by atoms with Crippen molar-refractivity contribution in [3.63, 3.8) is 0 Å². The Morgan fingerprint density at radius 1 is 1.12 bits per heavy atom. The molecule has 0 aliphatic heterocycles. The molecule has 7 heteroatoms. The van der Waals surface area contributed by atoms with Crippen LogP contribution >= 0.6 is 11.8 Å². The van der Waals surface area contributed by atoms with Crippen molar-refractivity contribution in [2.75, 3.05) is 5.75 Å². The highest BCUT2D eigenvalue weighted by atomic mass is 32.2. The van der Waals surface area contributed by atoms with Gasteiger partial charge in [0.15, 0.2) is 23.2 Å². The van der Waals surface area contributed by atoms with Crippen molar-refractivity contribution in [3.05, 3.63) is 65.2 Å². The molecule has 1 aromatic heterocycles. The fraction of sp³-hybridized carbons (Fsp3) is 0.167. The number of H-pyrrole nitrogens is 1. The van der Waals surface area contributed by atoms with E-state index in [0.717, 1.165) is 35.9 Å². The van der Waals surface area contributed by atoms with Crippen molar-refractivity contribution in [3.8, 4) is 11.4 Å². The normalized spacial score (nSPS) is 10.8. The number of Topliss-reactive ketones (excluding diaryl/α,β-unsaturated/α-hetero) is 1. The summed E-state index contributed by atoms with van der Waals surface area (Å²) in [6, 6.07) is 11.1. The summed E-state index contributed by atoms with van der Waals surface area (Å²) >= 11 is 1.14. The maximum atomic E-state index is 13.2. The van der Waals surface area contributed by atoms with Crippen LogP contribution in [0.3, 0.4) is 0 Å². The number of hydrogen-bond acceptors (Lipinski definition) is 4. The van der Waals surface area contributed by atoms with Gasteiger partial charge in [-0.2, -0.15) is 0 Å². The number of thioether (sulfide) groups is 1. The highest BCUT2D eigenvalue weighted by molar-refractivity contribution is 7.99. The molecule has 0 radical (unpaired) electrons. The van der Waals surface area contributed by atoms with Crippen LogP contribution in [-0.2, 0) is 6.42 Å². The number of nitrogens with zero attached hydrogens (tertiary/aromatic N) is 2. The van der Waals surface area contributed by atoms with Crippen LogP contribution in [0.15, 0.2) is 47.6 Å². The lowest BCUT2D eigenvalue weighted by Gasteiger charge is -2.00. The van der Waals surface area contributed by atoms with Gasteiger partial charge < -0.3 is 0 Å². The monoisotopic (exact) mass is 359 g/mol. The minimum absolute atomic E-state index is 0.0388. The lowest BCUT2D eigenvalue weighted by molar-refractivity contribution is 0.102. The number of aromatic nitrogens is 3.